The van der Waals surface area contributed by atoms with E-state index in [9.17, 15) is 9.90 Å². The Hall–Kier alpha value is -4.75. The van der Waals surface area contributed by atoms with Gasteiger partial charge in [-0.05, 0) is 51.7 Å². The van der Waals surface area contributed by atoms with E-state index in [1.807, 2.05) is 121 Å². The van der Waals surface area contributed by atoms with Crippen molar-refractivity contribution in [2.75, 3.05) is 0 Å². The van der Waals surface area contributed by atoms with Crippen molar-refractivity contribution in [1.82, 2.24) is 15.0 Å². The second-order valence-corrected chi connectivity index (χ2v) is 9.94. The second kappa shape index (κ2) is 10.2. The Morgan fingerprint density at radius 2 is 1.23 bits per heavy atom. The van der Waals surface area contributed by atoms with Gasteiger partial charge in [-0.25, -0.2) is 9.48 Å². The van der Waals surface area contributed by atoms with Gasteiger partial charge in [-0.3, -0.25) is 0 Å². The third-order valence-corrected chi connectivity index (χ3v) is 7.22. The molecule has 190 valence electrons. The highest BCUT2D eigenvalue weighted by Gasteiger charge is 2.43. The third kappa shape index (κ3) is 4.36. The zero-order chi connectivity index (χ0) is 26.8. The molecule has 1 N–H and O–H groups in total. The Labute approximate surface area is 233 Å². The molecule has 0 aliphatic carbocycles. The summed E-state index contributed by atoms with van der Waals surface area (Å²) in [6.45, 7) is 0. The Kier molecular flexibility index (Phi) is 6.42. The summed E-state index contributed by atoms with van der Waals surface area (Å²) < 4.78 is 8.54. The summed E-state index contributed by atoms with van der Waals surface area (Å²) in [5, 5.41) is 21.2. The van der Waals surface area contributed by atoms with Crippen molar-refractivity contribution in [1.29, 1.82) is 0 Å². The van der Waals surface area contributed by atoms with Gasteiger partial charge in [0.15, 0.2) is 0 Å². The van der Waals surface area contributed by atoms with Crippen LogP contribution < -0.4 is 4.74 Å². The second-order valence-electron chi connectivity index (χ2n) is 9.02. The van der Waals surface area contributed by atoms with Crippen LogP contribution >= 0.6 is 15.9 Å². The number of aromatic carboxylic acids is 1. The molecule has 6 rings (SSSR count). The Morgan fingerprint density at radius 1 is 0.718 bits per heavy atom. The molecule has 39 heavy (non-hydrogen) atoms. The summed E-state index contributed by atoms with van der Waals surface area (Å²) in [6, 6.07) is 40.6. The van der Waals surface area contributed by atoms with Gasteiger partial charge < -0.3 is 9.84 Å². The van der Waals surface area contributed by atoms with Crippen LogP contribution in [0.1, 0.15) is 27.2 Å². The molecule has 0 saturated heterocycles. The van der Waals surface area contributed by atoms with Crippen LogP contribution in [0.4, 0.5) is 0 Å². The normalized spacial score (nSPS) is 11.4. The lowest BCUT2D eigenvalue weighted by Gasteiger charge is -2.36. The van der Waals surface area contributed by atoms with Crippen LogP contribution in [0.2, 0.25) is 0 Å². The maximum atomic E-state index is 12.9. The summed E-state index contributed by atoms with van der Waals surface area (Å²) in [5.74, 6) is -0.831. The minimum atomic E-state index is -1.20. The molecule has 0 saturated carbocycles. The molecule has 0 radical (unpaired) electrons. The topological polar surface area (TPSA) is 77.2 Å². The molecule has 1 heterocycles. The fraction of sp³-hybridized carbons (Fsp3) is 0.0312. The lowest BCUT2D eigenvalue weighted by Crippen LogP contribution is -2.40. The zero-order valence-corrected chi connectivity index (χ0v) is 22.2. The first-order chi connectivity index (χ1) is 19.1. The van der Waals surface area contributed by atoms with Crippen LogP contribution in [0.3, 0.4) is 0 Å². The number of ether oxygens (including phenoxy) is 1. The van der Waals surface area contributed by atoms with Gasteiger partial charge in [0.2, 0.25) is 5.69 Å². The van der Waals surface area contributed by atoms with Crippen molar-refractivity contribution in [3.8, 4) is 11.6 Å². The number of carbonyl (C=O) groups is 1. The Bertz CT molecular complexity index is 1670. The molecule has 7 heteroatoms. The average molecular weight is 576 g/mol. The lowest BCUT2D eigenvalue weighted by atomic mass is 9.77. The van der Waals surface area contributed by atoms with E-state index in [1.54, 1.807) is 6.07 Å². The molecule has 0 atom stereocenters. The van der Waals surface area contributed by atoms with E-state index in [0.29, 0.717) is 5.75 Å². The van der Waals surface area contributed by atoms with Gasteiger partial charge in [0.1, 0.15) is 11.3 Å². The van der Waals surface area contributed by atoms with E-state index in [4.69, 9.17) is 4.74 Å². The van der Waals surface area contributed by atoms with E-state index in [1.165, 1.54) is 4.68 Å². The first-order valence-corrected chi connectivity index (χ1v) is 13.1. The molecule has 1 aromatic heterocycles. The number of rotatable bonds is 7. The van der Waals surface area contributed by atoms with Gasteiger partial charge in [0, 0.05) is 4.47 Å². The number of fused-ring (bicyclic) bond motifs is 1. The molecule has 0 unspecified atom stereocenters. The molecule has 0 aliphatic heterocycles. The maximum Gasteiger partial charge on any atom is 0.360 e. The fourth-order valence-electron chi connectivity index (χ4n) is 5.03. The molecule has 0 aliphatic rings. The van der Waals surface area contributed by atoms with Crippen molar-refractivity contribution in [3.63, 3.8) is 0 Å². The summed E-state index contributed by atoms with van der Waals surface area (Å²) in [4.78, 5) is 12.9. The number of carboxylic acid groups (broad SMARTS) is 1. The van der Waals surface area contributed by atoms with Crippen LogP contribution in [-0.2, 0) is 5.54 Å². The molecular weight excluding hydrogens is 554 g/mol. The summed E-state index contributed by atoms with van der Waals surface area (Å²) in [5.41, 5.74) is 1.19. The number of hydrogen-bond donors (Lipinski definition) is 1. The zero-order valence-electron chi connectivity index (χ0n) is 20.6. The fourth-order valence-corrected chi connectivity index (χ4v) is 5.41. The number of halogens is 1. The summed E-state index contributed by atoms with van der Waals surface area (Å²) in [7, 11) is 0. The van der Waals surface area contributed by atoms with Gasteiger partial charge in [-0.15, -0.1) is 0 Å². The first-order valence-electron chi connectivity index (χ1n) is 12.3. The molecule has 6 aromatic rings. The highest BCUT2D eigenvalue weighted by atomic mass is 79.9. The van der Waals surface area contributed by atoms with E-state index in [-0.39, 0.29) is 11.6 Å². The first kappa shape index (κ1) is 24.6. The van der Waals surface area contributed by atoms with E-state index in [0.717, 1.165) is 31.9 Å². The van der Waals surface area contributed by atoms with Gasteiger partial charge in [0.05, 0.1) is 0 Å². The van der Waals surface area contributed by atoms with Crippen LogP contribution in [-0.4, -0.2) is 26.1 Å². The average Bonchev–Trinajstić information content (AvgIpc) is 3.39. The number of aromatic nitrogens is 3. The van der Waals surface area contributed by atoms with Gasteiger partial charge >= 0.3 is 5.97 Å². The van der Waals surface area contributed by atoms with E-state index in [2.05, 4.69) is 26.2 Å². The minimum Gasteiger partial charge on any atom is -0.476 e. The van der Waals surface area contributed by atoms with Crippen LogP contribution in [0, 0.1) is 0 Å². The monoisotopic (exact) mass is 575 g/mol. The van der Waals surface area contributed by atoms with Crippen molar-refractivity contribution in [2.24, 2.45) is 0 Å². The molecule has 6 nitrogen and oxygen atoms in total. The minimum absolute atomic E-state index is 0.0915. The number of nitrogens with zero attached hydrogens (tertiary/aromatic N) is 3. The predicted octanol–water partition coefficient (Wildman–Crippen LogP) is 7.52. The van der Waals surface area contributed by atoms with Gasteiger partial charge in [-0.2, -0.15) is 0 Å². The number of hydrogen-bond acceptors (Lipinski definition) is 4. The predicted molar refractivity (Wildman–Crippen MR) is 153 cm³/mol. The van der Waals surface area contributed by atoms with Crippen molar-refractivity contribution >= 4 is 32.7 Å². The quantitative estimate of drug-likeness (QED) is 0.199. The molecule has 0 amide bonds. The third-order valence-electron chi connectivity index (χ3n) is 6.72. The maximum absolute atomic E-state index is 12.9. The van der Waals surface area contributed by atoms with Crippen molar-refractivity contribution in [2.45, 2.75) is 5.54 Å². The van der Waals surface area contributed by atoms with E-state index >= 15 is 0 Å². The standard InChI is InChI=1S/C32H22BrN3O3/c33-27-18-16-23-21-28(19-17-22(23)20-27)39-30-29(31(37)38)36(35-34-30)32(24-10-4-1-5-11-24,25-12-6-2-7-13-25)26-14-8-3-9-15-26/h1-21H,(H,37,38). The van der Waals surface area contributed by atoms with Gasteiger partial charge in [0.25, 0.3) is 5.88 Å². The van der Waals surface area contributed by atoms with Crippen molar-refractivity contribution in [3.05, 3.63) is 154 Å². The smallest absolute Gasteiger partial charge is 0.360 e. The van der Waals surface area contributed by atoms with Crippen LogP contribution in [0.5, 0.6) is 11.6 Å². The molecule has 0 spiro atoms. The molecular formula is C32H22BrN3O3. The molecule has 5 aromatic carbocycles. The van der Waals surface area contributed by atoms with E-state index < -0.39 is 11.5 Å². The highest BCUT2D eigenvalue weighted by Crippen LogP contribution is 2.42. The van der Waals surface area contributed by atoms with Crippen LogP contribution in [0.25, 0.3) is 10.8 Å². The molecule has 0 fully saturated rings. The van der Waals surface area contributed by atoms with Crippen LogP contribution in [0.15, 0.2) is 132 Å². The lowest BCUT2D eigenvalue weighted by molar-refractivity contribution is 0.0676. The van der Waals surface area contributed by atoms with Gasteiger partial charge in [-0.1, -0.05) is 129 Å². The molecule has 0 bridgehead atoms. The SMILES string of the molecule is O=C(O)c1c(Oc2ccc3cc(Br)ccc3c2)nnn1C(c1ccccc1)(c1ccccc1)c1ccccc1. The Morgan fingerprint density at radius 3 is 1.77 bits per heavy atom. The Balaban J connectivity index is 1.59. The number of benzene rings is 5. The summed E-state index contributed by atoms with van der Waals surface area (Å²) in [6.07, 6.45) is 0. The highest BCUT2D eigenvalue weighted by molar-refractivity contribution is 9.10. The van der Waals surface area contributed by atoms with Crippen molar-refractivity contribution < 1.29 is 14.6 Å². The number of carboxylic acids is 1. The summed E-state index contributed by atoms with van der Waals surface area (Å²) >= 11 is 3.49. The largest absolute Gasteiger partial charge is 0.476 e.